The maximum Gasteiger partial charge on any atom is 0.256 e. The van der Waals surface area contributed by atoms with Crippen LogP contribution in [0.25, 0.3) is 0 Å². The Balaban J connectivity index is 2.99. The van der Waals surface area contributed by atoms with Crippen LogP contribution in [0.15, 0.2) is 6.20 Å². The third-order valence-corrected chi connectivity index (χ3v) is 1.63. The fraction of sp³-hybridized carbons (Fsp3) is 0.400. The number of nitrogens with zero attached hydrogens (tertiary/aromatic N) is 2. The van der Waals surface area contributed by atoms with Crippen LogP contribution in [-0.4, -0.2) is 22.6 Å². The molecule has 0 spiro atoms. The van der Waals surface area contributed by atoms with Crippen LogP contribution in [0, 0.1) is 18.2 Å². The van der Waals surface area contributed by atoms with Gasteiger partial charge in [-0.1, -0.05) is 5.92 Å². The first-order chi connectivity index (χ1) is 6.98. The van der Waals surface area contributed by atoms with Crippen molar-refractivity contribution in [2.24, 2.45) is 0 Å². The standard InChI is InChI=1S/C10H12FN3O/c1-5-10(2,3)15-8-7(11)6-13-9(12-4)14-8/h1,6H,2-4H3,(H,12,13,14). The number of aromatic nitrogens is 2. The van der Waals surface area contributed by atoms with Gasteiger partial charge in [0, 0.05) is 7.05 Å². The van der Waals surface area contributed by atoms with Crippen LogP contribution in [0.1, 0.15) is 13.8 Å². The molecule has 80 valence electrons. The highest BCUT2D eigenvalue weighted by Gasteiger charge is 2.19. The summed E-state index contributed by atoms with van der Waals surface area (Å²) in [7, 11) is 1.63. The van der Waals surface area contributed by atoms with Gasteiger partial charge in [0.05, 0.1) is 6.20 Å². The summed E-state index contributed by atoms with van der Waals surface area (Å²) >= 11 is 0. The van der Waals surface area contributed by atoms with E-state index in [2.05, 4.69) is 21.2 Å². The molecule has 1 aromatic rings. The quantitative estimate of drug-likeness (QED) is 0.765. The lowest BCUT2D eigenvalue weighted by Crippen LogP contribution is -2.26. The minimum atomic E-state index is -0.903. The van der Waals surface area contributed by atoms with E-state index in [9.17, 15) is 4.39 Å². The number of hydrogen-bond donors (Lipinski definition) is 1. The van der Waals surface area contributed by atoms with E-state index >= 15 is 0 Å². The molecule has 4 nitrogen and oxygen atoms in total. The molecule has 1 heterocycles. The van der Waals surface area contributed by atoms with E-state index in [-0.39, 0.29) is 11.8 Å². The van der Waals surface area contributed by atoms with Gasteiger partial charge in [-0.05, 0) is 13.8 Å². The van der Waals surface area contributed by atoms with Crippen LogP contribution < -0.4 is 10.1 Å². The zero-order valence-corrected chi connectivity index (χ0v) is 8.84. The molecule has 0 bridgehead atoms. The van der Waals surface area contributed by atoms with Crippen LogP contribution in [0.2, 0.25) is 0 Å². The molecule has 0 aromatic carbocycles. The molecule has 0 radical (unpaired) electrons. The third-order valence-electron chi connectivity index (χ3n) is 1.63. The zero-order chi connectivity index (χ0) is 11.5. The maximum absolute atomic E-state index is 13.2. The molecule has 0 atom stereocenters. The lowest BCUT2D eigenvalue weighted by Gasteiger charge is -2.19. The molecule has 0 saturated heterocycles. The van der Waals surface area contributed by atoms with Crippen molar-refractivity contribution >= 4 is 5.95 Å². The number of anilines is 1. The largest absolute Gasteiger partial charge is 0.456 e. The highest BCUT2D eigenvalue weighted by atomic mass is 19.1. The first-order valence-corrected chi connectivity index (χ1v) is 4.35. The van der Waals surface area contributed by atoms with E-state index in [1.807, 2.05) is 0 Å². The number of ether oxygens (including phenoxy) is 1. The van der Waals surface area contributed by atoms with Gasteiger partial charge < -0.3 is 10.1 Å². The Morgan fingerprint density at radius 1 is 1.60 bits per heavy atom. The second kappa shape index (κ2) is 4.13. The summed E-state index contributed by atoms with van der Waals surface area (Å²) in [4.78, 5) is 7.49. The van der Waals surface area contributed by atoms with E-state index in [1.54, 1.807) is 20.9 Å². The molecule has 0 fully saturated rings. The van der Waals surface area contributed by atoms with Crippen molar-refractivity contribution in [1.29, 1.82) is 0 Å². The Bertz CT molecular complexity index is 398. The van der Waals surface area contributed by atoms with Gasteiger partial charge in [0.1, 0.15) is 0 Å². The molecule has 1 aromatic heterocycles. The fourth-order valence-electron chi connectivity index (χ4n) is 0.815. The molecule has 0 aliphatic carbocycles. The molecule has 0 saturated carbocycles. The van der Waals surface area contributed by atoms with Gasteiger partial charge in [-0.2, -0.15) is 9.37 Å². The average molecular weight is 209 g/mol. The third kappa shape index (κ3) is 2.81. The molecule has 1 N–H and O–H groups in total. The van der Waals surface area contributed by atoms with Crippen molar-refractivity contribution in [2.45, 2.75) is 19.4 Å². The SMILES string of the molecule is C#CC(C)(C)Oc1nc(NC)ncc1F. The van der Waals surface area contributed by atoms with E-state index in [0.717, 1.165) is 6.20 Å². The summed E-state index contributed by atoms with van der Waals surface area (Å²) in [6, 6.07) is 0. The lowest BCUT2D eigenvalue weighted by atomic mass is 10.1. The summed E-state index contributed by atoms with van der Waals surface area (Å²) < 4.78 is 18.4. The number of hydrogen-bond acceptors (Lipinski definition) is 4. The molecular formula is C10H12FN3O. The van der Waals surface area contributed by atoms with Crippen LogP contribution in [0.5, 0.6) is 5.88 Å². The first kappa shape index (κ1) is 11.2. The maximum atomic E-state index is 13.2. The minimum absolute atomic E-state index is 0.155. The monoisotopic (exact) mass is 209 g/mol. The van der Waals surface area contributed by atoms with Gasteiger partial charge in [-0.3, -0.25) is 0 Å². The summed E-state index contributed by atoms with van der Waals surface area (Å²) in [5, 5.41) is 2.68. The van der Waals surface area contributed by atoms with Crippen LogP contribution >= 0.6 is 0 Å². The molecule has 15 heavy (non-hydrogen) atoms. The van der Waals surface area contributed by atoms with Crippen molar-refractivity contribution in [3.05, 3.63) is 12.0 Å². The van der Waals surface area contributed by atoms with E-state index < -0.39 is 11.4 Å². The van der Waals surface area contributed by atoms with Crippen molar-refractivity contribution < 1.29 is 9.13 Å². The van der Waals surface area contributed by atoms with E-state index in [1.165, 1.54) is 0 Å². The Morgan fingerprint density at radius 2 is 2.27 bits per heavy atom. The fourth-order valence-corrected chi connectivity index (χ4v) is 0.815. The predicted octanol–water partition coefficient (Wildman–Crippen LogP) is 1.45. The molecule has 0 aliphatic heterocycles. The highest BCUT2D eigenvalue weighted by Crippen LogP contribution is 2.19. The Morgan fingerprint density at radius 3 is 2.80 bits per heavy atom. The number of terminal acetylenes is 1. The molecule has 0 aliphatic rings. The van der Waals surface area contributed by atoms with Gasteiger partial charge in [-0.25, -0.2) is 4.98 Å². The number of nitrogens with one attached hydrogen (secondary N) is 1. The smallest absolute Gasteiger partial charge is 0.256 e. The van der Waals surface area contributed by atoms with Crippen molar-refractivity contribution in [1.82, 2.24) is 9.97 Å². The van der Waals surface area contributed by atoms with Gasteiger partial charge in [0.25, 0.3) is 5.88 Å². The molecule has 1 rings (SSSR count). The second-order valence-electron chi connectivity index (χ2n) is 3.35. The summed E-state index contributed by atoms with van der Waals surface area (Å²) in [6.45, 7) is 3.29. The van der Waals surface area contributed by atoms with Gasteiger partial charge in [-0.15, -0.1) is 6.42 Å². The molecular weight excluding hydrogens is 197 g/mol. The summed E-state index contributed by atoms with van der Waals surface area (Å²) in [6.07, 6.45) is 6.25. The van der Waals surface area contributed by atoms with Crippen LogP contribution in [0.4, 0.5) is 10.3 Å². The molecule has 0 amide bonds. The normalized spacial score (nSPS) is 10.6. The van der Waals surface area contributed by atoms with Crippen LogP contribution in [-0.2, 0) is 0 Å². The first-order valence-electron chi connectivity index (χ1n) is 4.35. The van der Waals surface area contributed by atoms with Crippen molar-refractivity contribution in [3.8, 4) is 18.2 Å². The lowest BCUT2D eigenvalue weighted by molar-refractivity contribution is 0.156. The highest BCUT2D eigenvalue weighted by molar-refractivity contribution is 5.28. The van der Waals surface area contributed by atoms with Gasteiger partial charge in [0.2, 0.25) is 11.8 Å². The zero-order valence-electron chi connectivity index (χ0n) is 8.84. The average Bonchev–Trinajstić information content (AvgIpc) is 2.21. The van der Waals surface area contributed by atoms with Gasteiger partial charge >= 0.3 is 0 Å². The number of rotatable bonds is 3. The summed E-state index contributed by atoms with van der Waals surface area (Å²) in [5.41, 5.74) is -0.903. The minimum Gasteiger partial charge on any atom is -0.456 e. The van der Waals surface area contributed by atoms with Crippen molar-refractivity contribution in [3.63, 3.8) is 0 Å². The van der Waals surface area contributed by atoms with E-state index in [0.29, 0.717) is 0 Å². The topological polar surface area (TPSA) is 47.0 Å². The predicted molar refractivity (Wildman–Crippen MR) is 55.1 cm³/mol. The van der Waals surface area contributed by atoms with E-state index in [4.69, 9.17) is 11.2 Å². The number of halogens is 1. The summed E-state index contributed by atoms with van der Waals surface area (Å²) in [5.74, 6) is 1.87. The Kier molecular flexibility index (Phi) is 3.10. The molecule has 5 heteroatoms. The second-order valence-corrected chi connectivity index (χ2v) is 3.35. The van der Waals surface area contributed by atoms with Crippen molar-refractivity contribution in [2.75, 3.05) is 12.4 Å². The van der Waals surface area contributed by atoms with Gasteiger partial charge in [0.15, 0.2) is 5.60 Å². The molecule has 0 unspecified atom stereocenters. The Labute approximate surface area is 87.9 Å². The van der Waals surface area contributed by atoms with Crippen LogP contribution in [0.3, 0.4) is 0 Å². The Hall–Kier alpha value is -1.83.